The zero-order chi connectivity index (χ0) is 28.3. The number of nitrogens with two attached hydrogens (primary N) is 1. The smallest absolute Gasteiger partial charge is 0.169 e. The molecule has 2 aromatic heterocycles. The van der Waals surface area contributed by atoms with Gasteiger partial charge in [-0.05, 0) is 119 Å². The third kappa shape index (κ3) is 4.35. The summed E-state index contributed by atoms with van der Waals surface area (Å²) in [6.45, 7) is 6.66. The van der Waals surface area contributed by atoms with Crippen molar-refractivity contribution < 1.29 is 5.11 Å². The third-order valence-corrected chi connectivity index (χ3v) is 11.4. The topological polar surface area (TPSA) is 116 Å². The van der Waals surface area contributed by atoms with E-state index in [2.05, 4.69) is 37.7 Å². The summed E-state index contributed by atoms with van der Waals surface area (Å²) in [5.74, 6) is 4.29. The molecule has 220 valence electrons. The predicted octanol–water partition coefficient (Wildman–Crippen LogP) is 3.96. The zero-order valence-electron chi connectivity index (χ0n) is 24.3. The lowest BCUT2D eigenvalue weighted by Crippen LogP contribution is -2.65. The first kappa shape index (κ1) is 26.3. The van der Waals surface area contributed by atoms with Gasteiger partial charge >= 0.3 is 0 Å². The number of anilines is 2. The SMILES string of the molecule is Nc1nnc(-c2ccccc2O)cc1N1CCC2C[C@@]3(c4ncc(C5CCN(C6CCNCC6)CC5)cn4)CC(C1)C23. The summed E-state index contributed by atoms with van der Waals surface area (Å²) in [6, 6.07) is 10.0. The molecule has 4 N–H and O–H groups in total. The molecule has 0 radical (unpaired) electrons. The second kappa shape index (κ2) is 10.5. The van der Waals surface area contributed by atoms with Gasteiger partial charge in [-0.25, -0.2) is 9.97 Å². The van der Waals surface area contributed by atoms with Crippen molar-refractivity contribution in [2.75, 3.05) is 49.9 Å². The molecule has 42 heavy (non-hydrogen) atoms. The number of hydrogen-bond acceptors (Lipinski definition) is 9. The van der Waals surface area contributed by atoms with E-state index in [0.29, 0.717) is 40.7 Å². The summed E-state index contributed by atoms with van der Waals surface area (Å²) in [7, 11) is 0. The number of phenolic OH excluding ortho intramolecular Hbond substituents is 1. The molecule has 4 atom stereocenters. The van der Waals surface area contributed by atoms with Gasteiger partial charge in [0.05, 0.1) is 11.4 Å². The molecule has 9 nitrogen and oxygen atoms in total. The number of likely N-dealkylation sites (tertiary alicyclic amines) is 1. The van der Waals surface area contributed by atoms with Crippen LogP contribution < -0.4 is 16.0 Å². The summed E-state index contributed by atoms with van der Waals surface area (Å²) in [5.41, 5.74) is 10.1. The van der Waals surface area contributed by atoms with E-state index in [-0.39, 0.29) is 11.2 Å². The van der Waals surface area contributed by atoms with Crippen molar-refractivity contribution in [1.82, 2.24) is 30.4 Å². The van der Waals surface area contributed by atoms with Gasteiger partial charge in [-0.3, -0.25) is 0 Å². The average Bonchev–Trinajstić information content (AvgIpc) is 3.07. The van der Waals surface area contributed by atoms with Crippen LogP contribution in [0.4, 0.5) is 11.5 Å². The van der Waals surface area contributed by atoms with Crippen molar-refractivity contribution in [2.24, 2.45) is 17.8 Å². The van der Waals surface area contributed by atoms with E-state index >= 15 is 0 Å². The fourth-order valence-corrected chi connectivity index (χ4v) is 9.26. The van der Waals surface area contributed by atoms with Gasteiger partial charge in [0.25, 0.3) is 0 Å². The quantitative estimate of drug-likeness (QED) is 0.422. The van der Waals surface area contributed by atoms with E-state index in [1.165, 1.54) is 50.8 Å². The van der Waals surface area contributed by atoms with Crippen LogP contribution in [0.1, 0.15) is 62.3 Å². The highest BCUT2D eigenvalue weighted by Crippen LogP contribution is 2.69. The van der Waals surface area contributed by atoms with Gasteiger partial charge < -0.3 is 26.0 Å². The number of phenols is 1. The Balaban J connectivity index is 0.937. The molecule has 5 fully saturated rings. The lowest BCUT2D eigenvalue weighted by molar-refractivity contribution is -0.120. The van der Waals surface area contributed by atoms with E-state index in [1.807, 2.05) is 24.3 Å². The fourth-order valence-electron chi connectivity index (χ4n) is 9.26. The summed E-state index contributed by atoms with van der Waals surface area (Å²) in [5, 5.41) is 22.4. The second-order valence-electron chi connectivity index (χ2n) is 13.5. The molecule has 2 aliphatic carbocycles. The van der Waals surface area contributed by atoms with Gasteiger partial charge in [-0.2, -0.15) is 0 Å². The van der Waals surface area contributed by atoms with Gasteiger partial charge in [0.1, 0.15) is 11.6 Å². The minimum Gasteiger partial charge on any atom is -0.507 e. The van der Waals surface area contributed by atoms with Crippen LogP contribution >= 0.6 is 0 Å². The molecule has 3 unspecified atom stereocenters. The largest absolute Gasteiger partial charge is 0.507 e. The Morgan fingerprint density at radius 1 is 0.905 bits per heavy atom. The highest BCUT2D eigenvalue weighted by Gasteiger charge is 2.67. The Morgan fingerprint density at radius 3 is 2.45 bits per heavy atom. The highest BCUT2D eigenvalue weighted by atomic mass is 16.3. The van der Waals surface area contributed by atoms with Crippen LogP contribution in [0.5, 0.6) is 5.75 Å². The van der Waals surface area contributed by atoms with E-state index in [0.717, 1.165) is 56.6 Å². The number of aromatic nitrogens is 4. The molecule has 1 aromatic carbocycles. The molecule has 0 amide bonds. The maximum absolute atomic E-state index is 10.4. The maximum Gasteiger partial charge on any atom is 0.169 e. The van der Waals surface area contributed by atoms with Gasteiger partial charge in [0.2, 0.25) is 0 Å². The minimum atomic E-state index is 0.158. The van der Waals surface area contributed by atoms with Crippen LogP contribution in [0.25, 0.3) is 11.3 Å². The zero-order valence-corrected chi connectivity index (χ0v) is 24.3. The third-order valence-electron chi connectivity index (χ3n) is 11.4. The molecule has 2 saturated carbocycles. The molecule has 5 aliphatic rings. The minimum absolute atomic E-state index is 0.158. The molecule has 0 bridgehead atoms. The average molecular weight is 567 g/mol. The van der Waals surface area contributed by atoms with E-state index in [1.54, 1.807) is 6.07 Å². The van der Waals surface area contributed by atoms with Crippen LogP contribution in [0.3, 0.4) is 0 Å². The number of para-hydroxylation sites is 1. The molecule has 3 aliphatic heterocycles. The Bertz CT molecular complexity index is 1430. The standard InChI is InChI=1S/C33H42N8O/c34-31-28(15-27(38-39-31)26-3-1-2-4-29(26)42)41-14-9-22-16-33(17-23(20-41)30(22)33)32-36-18-24(19-37-32)21-7-12-40(13-8-21)25-5-10-35-11-6-25/h1-4,15,18-19,21-23,25,30,35,42H,5-14,16-17,20H2,(H2,34,39)/t22?,23?,30?,33-/m1/s1. The predicted molar refractivity (Wildman–Crippen MR) is 163 cm³/mol. The van der Waals surface area contributed by atoms with Crippen molar-refractivity contribution in [3.8, 4) is 17.0 Å². The summed E-state index contributed by atoms with van der Waals surface area (Å²) in [6.07, 6.45) is 12.8. The van der Waals surface area contributed by atoms with E-state index < -0.39 is 0 Å². The lowest BCUT2D eigenvalue weighted by Gasteiger charge is -2.66. The number of aromatic hydroxyl groups is 1. The van der Waals surface area contributed by atoms with Crippen LogP contribution in [-0.2, 0) is 5.41 Å². The molecule has 3 aromatic rings. The summed E-state index contributed by atoms with van der Waals surface area (Å²) >= 11 is 0. The number of hydrogen-bond donors (Lipinski definition) is 3. The lowest BCUT2D eigenvalue weighted by atomic mass is 9.38. The Kier molecular flexibility index (Phi) is 6.55. The van der Waals surface area contributed by atoms with Crippen LogP contribution in [0.15, 0.2) is 42.7 Å². The fraction of sp³-hybridized carbons (Fsp3) is 0.576. The first-order valence-electron chi connectivity index (χ1n) is 16.0. The van der Waals surface area contributed by atoms with Gasteiger partial charge in [0, 0.05) is 42.5 Å². The Hall–Kier alpha value is -3.30. The van der Waals surface area contributed by atoms with Crippen LogP contribution in [0, 0.1) is 17.8 Å². The molecule has 3 saturated heterocycles. The van der Waals surface area contributed by atoms with Crippen LogP contribution in [-0.4, -0.2) is 75.5 Å². The van der Waals surface area contributed by atoms with Crippen LogP contribution in [0.2, 0.25) is 0 Å². The summed E-state index contributed by atoms with van der Waals surface area (Å²) in [4.78, 5) is 15.2. The molecule has 9 heteroatoms. The van der Waals surface area contributed by atoms with Crippen molar-refractivity contribution in [2.45, 2.75) is 62.3 Å². The Morgan fingerprint density at radius 2 is 1.67 bits per heavy atom. The molecule has 8 rings (SSSR count). The normalized spacial score (nSPS) is 30.2. The highest BCUT2D eigenvalue weighted by molar-refractivity contribution is 5.74. The first-order valence-corrected chi connectivity index (χ1v) is 16.0. The second-order valence-corrected chi connectivity index (χ2v) is 13.5. The Labute approximate surface area is 248 Å². The number of nitrogens with one attached hydrogen (secondary N) is 1. The molecule has 5 heterocycles. The van der Waals surface area contributed by atoms with Gasteiger partial charge in [0.15, 0.2) is 5.82 Å². The number of benzene rings is 1. The molecule has 0 spiro atoms. The number of nitrogen functional groups attached to an aromatic ring is 1. The monoisotopic (exact) mass is 566 g/mol. The summed E-state index contributed by atoms with van der Waals surface area (Å²) < 4.78 is 0. The van der Waals surface area contributed by atoms with Crippen molar-refractivity contribution in [3.63, 3.8) is 0 Å². The van der Waals surface area contributed by atoms with Crippen molar-refractivity contribution >= 4 is 11.5 Å². The molecular formula is C33H42N8O. The number of nitrogens with zero attached hydrogens (tertiary/aromatic N) is 6. The first-order chi connectivity index (χ1) is 20.6. The van der Waals surface area contributed by atoms with Crippen molar-refractivity contribution in [3.05, 3.63) is 54.1 Å². The molecular weight excluding hydrogens is 524 g/mol. The number of piperidine rings is 2. The van der Waals surface area contributed by atoms with Gasteiger partial charge in [-0.1, -0.05) is 12.1 Å². The van der Waals surface area contributed by atoms with Gasteiger partial charge in [-0.15, -0.1) is 10.2 Å². The van der Waals surface area contributed by atoms with E-state index in [9.17, 15) is 5.11 Å². The van der Waals surface area contributed by atoms with Crippen molar-refractivity contribution in [1.29, 1.82) is 0 Å². The number of rotatable bonds is 5. The van der Waals surface area contributed by atoms with E-state index in [4.69, 9.17) is 15.7 Å². The maximum atomic E-state index is 10.4.